The van der Waals surface area contributed by atoms with Gasteiger partial charge in [-0.25, -0.2) is 4.79 Å². The molecule has 7 nitrogen and oxygen atoms in total. The van der Waals surface area contributed by atoms with E-state index < -0.39 is 17.6 Å². The van der Waals surface area contributed by atoms with Crippen molar-refractivity contribution < 1.29 is 23.9 Å². The van der Waals surface area contributed by atoms with Crippen molar-refractivity contribution in [3.8, 4) is 0 Å². The van der Waals surface area contributed by atoms with Crippen LogP contribution in [0.5, 0.6) is 0 Å². The van der Waals surface area contributed by atoms with E-state index in [9.17, 15) is 14.4 Å². The van der Waals surface area contributed by atoms with Gasteiger partial charge in [0.05, 0.1) is 19.1 Å². The molecule has 1 saturated heterocycles. The summed E-state index contributed by atoms with van der Waals surface area (Å²) in [6.07, 6.45) is -0.128. The number of methoxy groups -OCH3 is 1. The number of likely N-dealkylation sites (tertiary alicyclic amines) is 1. The van der Waals surface area contributed by atoms with Crippen LogP contribution >= 0.6 is 0 Å². The third kappa shape index (κ3) is 5.61. The predicted octanol–water partition coefficient (Wildman–Crippen LogP) is 0.921. The van der Waals surface area contributed by atoms with Crippen molar-refractivity contribution in [3.63, 3.8) is 0 Å². The Morgan fingerprint density at radius 3 is 2.29 bits per heavy atom. The molecule has 0 saturated carbocycles. The fraction of sp³-hybridized carbons (Fsp3) is 0.786. The van der Waals surface area contributed by atoms with Crippen LogP contribution in [0, 0.1) is 5.92 Å². The van der Waals surface area contributed by atoms with Crippen LogP contribution in [0.15, 0.2) is 0 Å². The van der Waals surface area contributed by atoms with Crippen LogP contribution in [0.1, 0.15) is 34.1 Å². The number of hydrogen-bond donors (Lipinski definition) is 1. The summed E-state index contributed by atoms with van der Waals surface area (Å²) in [6.45, 7) is 7.42. The Morgan fingerprint density at radius 2 is 1.81 bits per heavy atom. The second kappa shape index (κ2) is 6.78. The molecular weight excluding hydrogens is 276 g/mol. The fourth-order valence-electron chi connectivity index (χ4n) is 2.27. The van der Waals surface area contributed by atoms with Crippen molar-refractivity contribution in [2.75, 3.05) is 20.2 Å². The summed E-state index contributed by atoms with van der Waals surface area (Å²) in [4.78, 5) is 36.6. The van der Waals surface area contributed by atoms with E-state index in [0.29, 0.717) is 19.5 Å². The molecule has 21 heavy (non-hydrogen) atoms. The number of alkyl carbamates (subject to hydrolysis) is 1. The molecule has 0 aromatic rings. The number of carbonyl (C=O) groups excluding carboxylic acids is 3. The van der Waals surface area contributed by atoms with Crippen LogP contribution in [-0.4, -0.2) is 54.7 Å². The Labute approximate surface area is 124 Å². The molecule has 1 fully saturated rings. The minimum Gasteiger partial charge on any atom is -0.469 e. The van der Waals surface area contributed by atoms with Gasteiger partial charge >= 0.3 is 12.1 Å². The first-order chi connectivity index (χ1) is 9.62. The molecule has 2 atom stereocenters. The zero-order valence-electron chi connectivity index (χ0n) is 13.3. The van der Waals surface area contributed by atoms with Crippen LogP contribution in [0.3, 0.4) is 0 Å². The van der Waals surface area contributed by atoms with E-state index >= 15 is 0 Å². The Balaban J connectivity index is 2.69. The van der Waals surface area contributed by atoms with Gasteiger partial charge < -0.3 is 19.7 Å². The average molecular weight is 300 g/mol. The normalized spacial score (nSPS) is 22.4. The topological polar surface area (TPSA) is 84.9 Å². The largest absolute Gasteiger partial charge is 0.469 e. The second-order valence-electron chi connectivity index (χ2n) is 6.22. The maximum atomic E-state index is 11.8. The average Bonchev–Trinajstić information content (AvgIpc) is 2.34. The van der Waals surface area contributed by atoms with Crippen molar-refractivity contribution in [2.45, 2.75) is 45.8 Å². The van der Waals surface area contributed by atoms with E-state index in [1.165, 1.54) is 18.9 Å². The highest BCUT2D eigenvalue weighted by Crippen LogP contribution is 2.19. The Hall–Kier alpha value is -1.79. The highest BCUT2D eigenvalue weighted by Gasteiger charge is 2.34. The van der Waals surface area contributed by atoms with Gasteiger partial charge in [-0.05, 0) is 27.2 Å². The Bertz CT molecular complexity index is 416. The van der Waals surface area contributed by atoms with Crippen LogP contribution in [0.2, 0.25) is 0 Å². The lowest BCUT2D eigenvalue weighted by atomic mass is 9.94. The number of nitrogens with one attached hydrogen (secondary N) is 1. The Kier molecular flexibility index (Phi) is 5.57. The van der Waals surface area contributed by atoms with Gasteiger partial charge in [-0.15, -0.1) is 0 Å². The third-order valence-electron chi connectivity index (χ3n) is 3.15. The lowest BCUT2D eigenvalue weighted by Crippen LogP contribution is -2.54. The molecule has 1 heterocycles. The van der Waals surface area contributed by atoms with Gasteiger partial charge in [0.1, 0.15) is 5.60 Å². The summed E-state index contributed by atoms with van der Waals surface area (Å²) in [5.74, 6) is -0.955. The van der Waals surface area contributed by atoms with Crippen molar-refractivity contribution >= 4 is 18.0 Å². The van der Waals surface area contributed by atoms with Crippen LogP contribution < -0.4 is 5.32 Å². The molecule has 1 N–H and O–H groups in total. The SMILES string of the molecule is COC(=O)C1CC(NC(=O)OC(C)(C)C)CN(C(C)=O)C1. The quantitative estimate of drug-likeness (QED) is 0.767. The first-order valence-corrected chi connectivity index (χ1v) is 6.95. The minimum atomic E-state index is -0.596. The van der Waals surface area contributed by atoms with Gasteiger partial charge in [0.2, 0.25) is 5.91 Å². The Morgan fingerprint density at radius 1 is 1.19 bits per heavy atom. The van der Waals surface area contributed by atoms with Gasteiger partial charge in [-0.3, -0.25) is 9.59 Å². The van der Waals surface area contributed by atoms with Crippen molar-refractivity contribution in [3.05, 3.63) is 0 Å². The van der Waals surface area contributed by atoms with Crippen LogP contribution in [-0.2, 0) is 19.1 Å². The van der Waals surface area contributed by atoms with E-state index in [1.807, 2.05) is 0 Å². The predicted molar refractivity (Wildman–Crippen MR) is 75.5 cm³/mol. The summed E-state index contributed by atoms with van der Waals surface area (Å²) >= 11 is 0. The van der Waals surface area contributed by atoms with E-state index in [4.69, 9.17) is 9.47 Å². The van der Waals surface area contributed by atoms with E-state index in [2.05, 4.69) is 5.32 Å². The number of ether oxygens (including phenoxy) is 2. The number of carbonyl (C=O) groups is 3. The van der Waals surface area contributed by atoms with Crippen LogP contribution in [0.4, 0.5) is 4.79 Å². The lowest BCUT2D eigenvalue weighted by Gasteiger charge is -2.36. The van der Waals surface area contributed by atoms with Gasteiger partial charge in [-0.2, -0.15) is 0 Å². The molecule has 0 aromatic heterocycles. The number of amides is 2. The zero-order valence-corrected chi connectivity index (χ0v) is 13.3. The van der Waals surface area contributed by atoms with E-state index in [1.54, 1.807) is 20.8 Å². The van der Waals surface area contributed by atoms with Gasteiger partial charge in [0.15, 0.2) is 0 Å². The number of piperidine rings is 1. The smallest absolute Gasteiger partial charge is 0.407 e. The molecular formula is C14H24N2O5. The number of esters is 1. The molecule has 0 bridgehead atoms. The highest BCUT2D eigenvalue weighted by atomic mass is 16.6. The second-order valence-corrected chi connectivity index (χ2v) is 6.22. The molecule has 0 spiro atoms. The molecule has 120 valence electrons. The highest BCUT2D eigenvalue weighted by molar-refractivity contribution is 5.77. The van der Waals surface area contributed by atoms with E-state index in [-0.39, 0.29) is 17.9 Å². The van der Waals surface area contributed by atoms with Crippen molar-refractivity contribution in [1.82, 2.24) is 10.2 Å². The fourth-order valence-corrected chi connectivity index (χ4v) is 2.27. The van der Waals surface area contributed by atoms with Gasteiger partial charge in [0, 0.05) is 20.0 Å². The first kappa shape index (κ1) is 17.3. The molecule has 7 heteroatoms. The molecule has 1 rings (SSSR count). The summed E-state index contributed by atoms with van der Waals surface area (Å²) in [7, 11) is 1.31. The number of nitrogens with zero attached hydrogens (tertiary/aromatic N) is 1. The molecule has 2 unspecified atom stereocenters. The summed E-state index contributed by atoms with van der Waals surface area (Å²) < 4.78 is 9.92. The third-order valence-corrected chi connectivity index (χ3v) is 3.15. The standard InChI is InChI=1S/C14H24N2O5/c1-9(17)16-7-10(12(18)20-5)6-11(8-16)15-13(19)21-14(2,3)4/h10-11H,6-8H2,1-5H3,(H,15,19). The first-order valence-electron chi connectivity index (χ1n) is 6.95. The van der Waals surface area contributed by atoms with Gasteiger partial charge in [-0.1, -0.05) is 0 Å². The molecule has 0 radical (unpaired) electrons. The lowest BCUT2D eigenvalue weighted by molar-refractivity contribution is -0.149. The van der Waals surface area contributed by atoms with Gasteiger partial charge in [0.25, 0.3) is 0 Å². The number of rotatable bonds is 2. The van der Waals surface area contributed by atoms with Crippen molar-refractivity contribution in [1.29, 1.82) is 0 Å². The van der Waals surface area contributed by atoms with E-state index in [0.717, 1.165) is 0 Å². The van der Waals surface area contributed by atoms with Crippen molar-refractivity contribution in [2.24, 2.45) is 5.92 Å². The molecule has 0 aromatic carbocycles. The molecule has 1 aliphatic heterocycles. The molecule has 2 amide bonds. The maximum Gasteiger partial charge on any atom is 0.407 e. The summed E-state index contributed by atoms with van der Waals surface area (Å²) in [5.41, 5.74) is -0.596. The minimum absolute atomic E-state index is 0.139. The molecule has 1 aliphatic rings. The number of hydrogen-bond acceptors (Lipinski definition) is 5. The maximum absolute atomic E-state index is 11.8. The zero-order chi connectivity index (χ0) is 16.2. The molecule has 0 aliphatic carbocycles. The summed E-state index contributed by atoms with van der Waals surface area (Å²) in [5, 5.41) is 2.71. The van der Waals surface area contributed by atoms with Crippen LogP contribution in [0.25, 0.3) is 0 Å². The monoisotopic (exact) mass is 300 g/mol. The summed E-state index contributed by atoms with van der Waals surface area (Å²) in [6, 6.07) is -0.332.